The quantitative estimate of drug-likeness (QED) is 0.641. The fourth-order valence-electron chi connectivity index (χ4n) is 3.14. The van der Waals surface area contributed by atoms with Gasteiger partial charge in [-0.15, -0.1) is 0 Å². The van der Waals surface area contributed by atoms with Crippen LogP contribution < -0.4 is 11.1 Å². The maximum atomic E-state index is 11.8. The van der Waals surface area contributed by atoms with Gasteiger partial charge in [0.05, 0.1) is 24.0 Å². The predicted octanol–water partition coefficient (Wildman–Crippen LogP) is 3.68. The van der Waals surface area contributed by atoms with Crippen LogP contribution in [0.1, 0.15) is 49.4 Å². The number of rotatable bonds is 5. The van der Waals surface area contributed by atoms with E-state index in [1.54, 1.807) is 12.1 Å². The summed E-state index contributed by atoms with van der Waals surface area (Å²) in [5, 5.41) is 3.37. The largest absolute Gasteiger partial charge is 0.465 e. The molecule has 1 fully saturated rings. The molecule has 0 bridgehead atoms. The molecule has 4 heteroatoms. The summed E-state index contributed by atoms with van der Waals surface area (Å²) in [4.78, 5) is 11.8. The molecule has 0 radical (unpaired) electrons. The van der Waals surface area contributed by atoms with E-state index in [4.69, 9.17) is 10.5 Å². The molecule has 2 rings (SSSR count). The molecule has 3 N–H and O–H groups in total. The van der Waals surface area contributed by atoms with E-state index in [2.05, 4.69) is 12.2 Å². The van der Waals surface area contributed by atoms with E-state index in [1.807, 2.05) is 6.07 Å². The smallest absolute Gasteiger partial charge is 0.340 e. The van der Waals surface area contributed by atoms with Crippen LogP contribution in [-0.2, 0) is 4.74 Å². The molecule has 0 saturated heterocycles. The van der Waals surface area contributed by atoms with Gasteiger partial charge in [-0.2, -0.15) is 0 Å². The normalized spacial score (nSPS) is 21.8. The first-order valence-electron chi connectivity index (χ1n) is 7.86. The Bertz CT molecular complexity index is 480. The molecule has 1 aromatic carbocycles. The molecule has 0 atom stereocenters. The molecular weight excluding hydrogens is 264 g/mol. The molecule has 0 aliphatic heterocycles. The summed E-state index contributed by atoms with van der Waals surface area (Å²) < 4.78 is 4.82. The molecule has 1 saturated carbocycles. The van der Waals surface area contributed by atoms with Crippen LogP contribution in [0, 0.1) is 11.8 Å². The lowest BCUT2D eigenvalue weighted by atomic mass is 9.81. The van der Waals surface area contributed by atoms with E-state index in [1.165, 1.54) is 39.2 Å². The average Bonchev–Trinajstić information content (AvgIpc) is 2.53. The van der Waals surface area contributed by atoms with Gasteiger partial charge in [-0.25, -0.2) is 4.79 Å². The Morgan fingerprint density at radius 3 is 2.57 bits per heavy atom. The highest BCUT2D eigenvalue weighted by Gasteiger charge is 2.21. The number of para-hydroxylation sites is 1. The topological polar surface area (TPSA) is 64.3 Å². The van der Waals surface area contributed by atoms with E-state index in [0.717, 1.165) is 12.5 Å². The lowest BCUT2D eigenvalue weighted by Crippen LogP contribution is -2.22. The number of esters is 1. The minimum Gasteiger partial charge on any atom is -0.465 e. The van der Waals surface area contributed by atoms with Gasteiger partial charge < -0.3 is 15.8 Å². The van der Waals surface area contributed by atoms with E-state index in [-0.39, 0.29) is 5.97 Å². The zero-order valence-corrected chi connectivity index (χ0v) is 13.0. The number of methoxy groups -OCH3 is 1. The second-order valence-electron chi connectivity index (χ2n) is 5.94. The van der Waals surface area contributed by atoms with E-state index < -0.39 is 0 Å². The fraction of sp³-hybridized carbons (Fsp3) is 0.588. The van der Waals surface area contributed by atoms with Crippen molar-refractivity contribution < 1.29 is 9.53 Å². The summed E-state index contributed by atoms with van der Waals surface area (Å²) in [7, 11) is 1.39. The Kier molecular flexibility index (Phi) is 5.48. The number of benzene rings is 1. The Morgan fingerprint density at radius 2 is 1.95 bits per heavy atom. The van der Waals surface area contributed by atoms with Gasteiger partial charge >= 0.3 is 5.97 Å². The fourth-order valence-corrected chi connectivity index (χ4v) is 3.14. The van der Waals surface area contributed by atoms with Gasteiger partial charge in [-0.1, -0.05) is 32.3 Å². The van der Waals surface area contributed by atoms with Crippen molar-refractivity contribution in [2.24, 2.45) is 11.8 Å². The van der Waals surface area contributed by atoms with Crippen molar-refractivity contribution in [2.45, 2.75) is 39.0 Å². The standard InChI is InChI=1S/C17H26N2O2/c1-3-12-7-9-13(10-8-12)11-19-16-14(17(20)21-2)5-4-6-15(16)18/h4-6,12-13,19H,3,7-11,18H2,1-2H3. The molecule has 0 aromatic heterocycles. The third-order valence-corrected chi connectivity index (χ3v) is 4.61. The first kappa shape index (κ1) is 15.7. The Hall–Kier alpha value is -1.71. The van der Waals surface area contributed by atoms with Gasteiger partial charge in [0.2, 0.25) is 0 Å². The third-order valence-electron chi connectivity index (χ3n) is 4.61. The van der Waals surface area contributed by atoms with Gasteiger partial charge in [0.25, 0.3) is 0 Å². The van der Waals surface area contributed by atoms with E-state index in [9.17, 15) is 4.79 Å². The molecular formula is C17H26N2O2. The average molecular weight is 290 g/mol. The van der Waals surface area contributed by atoms with Gasteiger partial charge in [0.1, 0.15) is 0 Å². The number of carbonyl (C=O) groups is 1. The lowest BCUT2D eigenvalue weighted by molar-refractivity contribution is 0.0602. The molecule has 0 amide bonds. The van der Waals surface area contributed by atoms with E-state index >= 15 is 0 Å². The Morgan fingerprint density at radius 1 is 1.29 bits per heavy atom. The van der Waals surface area contributed by atoms with Crippen molar-refractivity contribution in [2.75, 3.05) is 24.7 Å². The first-order chi connectivity index (χ1) is 10.2. The molecule has 4 nitrogen and oxygen atoms in total. The number of carbonyl (C=O) groups excluding carboxylic acids is 1. The number of ether oxygens (including phenoxy) is 1. The van der Waals surface area contributed by atoms with Crippen LogP contribution in [0.15, 0.2) is 18.2 Å². The van der Waals surface area contributed by atoms with Gasteiger partial charge in [-0.05, 0) is 36.8 Å². The van der Waals surface area contributed by atoms with Crippen LogP contribution >= 0.6 is 0 Å². The van der Waals surface area contributed by atoms with Crippen molar-refractivity contribution in [3.05, 3.63) is 23.8 Å². The van der Waals surface area contributed by atoms with Crippen molar-refractivity contribution in [1.29, 1.82) is 0 Å². The second kappa shape index (κ2) is 7.34. The number of nitrogens with one attached hydrogen (secondary N) is 1. The monoisotopic (exact) mass is 290 g/mol. The highest BCUT2D eigenvalue weighted by atomic mass is 16.5. The molecule has 116 valence electrons. The molecule has 0 spiro atoms. The first-order valence-corrected chi connectivity index (χ1v) is 7.86. The zero-order valence-electron chi connectivity index (χ0n) is 13.0. The summed E-state index contributed by atoms with van der Waals surface area (Å²) >= 11 is 0. The lowest BCUT2D eigenvalue weighted by Gasteiger charge is -2.28. The molecule has 1 aliphatic rings. The molecule has 1 aromatic rings. The minimum absolute atomic E-state index is 0.348. The van der Waals surface area contributed by atoms with Crippen LogP contribution in [0.3, 0.4) is 0 Å². The summed E-state index contributed by atoms with van der Waals surface area (Å²) in [6, 6.07) is 5.33. The summed E-state index contributed by atoms with van der Waals surface area (Å²) in [6.07, 6.45) is 6.43. The SMILES string of the molecule is CCC1CCC(CNc2c(N)cccc2C(=O)OC)CC1. The number of hydrogen-bond donors (Lipinski definition) is 2. The molecule has 21 heavy (non-hydrogen) atoms. The number of anilines is 2. The van der Waals surface area contributed by atoms with Gasteiger partial charge in [-0.3, -0.25) is 0 Å². The Balaban J connectivity index is 1.98. The van der Waals surface area contributed by atoms with Crippen LogP contribution in [0.5, 0.6) is 0 Å². The highest BCUT2D eigenvalue weighted by molar-refractivity contribution is 5.98. The summed E-state index contributed by atoms with van der Waals surface area (Å²) in [6.45, 7) is 3.14. The Labute approximate surface area is 127 Å². The van der Waals surface area contributed by atoms with Crippen LogP contribution in [0.4, 0.5) is 11.4 Å². The molecule has 0 heterocycles. The van der Waals surface area contributed by atoms with Crippen LogP contribution in [0.25, 0.3) is 0 Å². The number of nitrogen functional groups attached to an aromatic ring is 1. The number of nitrogens with two attached hydrogens (primary N) is 1. The highest BCUT2D eigenvalue weighted by Crippen LogP contribution is 2.32. The van der Waals surface area contributed by atoms with Crippen molar-refractivity contribution in [1.82, 2.24) is 0 Å². The van der Waals surface area contributed by atoms with Gasteiger partial charge in [0, 0.05) is 6.54 Å². The van der Waals surface area contributed by atoms with Gasteiger partial charge in [0.15, 0.2) is 0 Å². The maximum absolute atomic E-state index is 11.8. The summed E-state index contributed by atoms with van der Waals surface area (Å²) in [5.74, 6) is 1.21. The third kappa shape index (κ3) is 3.90. The maximum Gasteiger partial charge on any atom is 0.340 e. The van der Waals surface area contributed by atoms with Crippen LogP contribution in [-0.4, -0.2) is 19.6 Å². The van der Waals surface area contributed by atoms with Crippen molar-refractivity contribution >= 4 is 17.3 Å². The number of hydrogen-bond acceptors (Lipinski definition) is 4. The molecule has 1 aliphatic carbocycles. The zero-order chi connectivity index (χ0) is 15.2. The van der Waals surface area contributed by atoms with Crippen molar-refractivity contribution in [3.8, 4) is 0 Å². The summed E-state index contributed by atoms with van der Waals surface area (Å²) in [5.41, 5.74) is 7.82. The predicted molar refractivity (Wildman–Crippen MR) is 86.4 cm³/mol. The van der Waals surface area contributed by atoms with Crippen molar-refractivity contribution in [3.63, 3.8) is 0 Å². The minimum atomic E-state index is -0.348. The van der Waals surface area contributed by atoms with E-state index in [0.29, 0.717) is 22.9 Å². The molecule has 0 unspecified atom stereocenters. The van der Waals surface area contributed by atoms with Crippen LogP contribution in [0.2, 0.25) is 0 Å². The second-order valence-corrected chi connectivity index (χ2v) is 5.94.